The number of carboxylic acid groups (broad SMARTS) is 1. The van der Waals surface area contributed by atoms with Gasteiger partial charge in [0.1, 0.15) is 0 Å². The van der Waals surface area contributed by atoms with Gasteiger partial charge in [0, 0.05) is 27.6 Å². The minimum Gasteiger partial charge on any atom is -0.481 e. The Morgan fingerprint density at radius 3 is 2.74 bits per heavy atom. The van der Waals surface area contributed by atoms with Gasteiger partial charge in [0.05, 0.1) is 18.6 Å². The Bertz CT molecular complexity index is 817. The number of nitrogens with one attached hydrogen (secondary N) is 1. The van der Waals surface area contributed by atoms with Crippen molar-refractivity contribution in [3.63, 3.8) is 0 Å². The van der Waals surface area contributed by atoms with Crippen molar-refractivity contribution < 1.29 is 14.6 Å². The van der Waals surface area contributed by atoms with Gasteiger partial charge in [0.15, 0.2) is 0 Å². The van der Waals surface area contributed by atoms with Crippen LogP contribution in [0, 0.1) is 0 Å². The van der Waals surface area contributed by atoms with E-state index in [4.69, 9.17) is 4.74 Å². The Hall–Kier alpha value is -2.34. The monoisotopic (exact) mass is 374 g/mol. The molecule has 5 nitrogen and oxygen atoms in total. The molecule has 23 heavy (non-hydrogen) atoms. The molecule has 0 saturated carbocycles. The molecule has 0 saturated heterocycles. The molecule has 1 aromatic carbocycles. The maximum absolute atomic E-state index is 11.9. The van der Waals surface area contributed by atoms with E-state index in [-0.39, 0.29) is 5.57 Å². The van der Waals surface area contributed by atoms with Gasteiger partial charge < -0.3 is 15.2 Å². The molecule has 0 amide bonds. The van der Waals surface area contributed by atoms with E-state index in [2.05, 4.69) is 26.2 Å². The lowest BCUT2D eigenvalue weighted by Gasteiger charge is -2.30. The van der Waals surface area contributed by atoms with E-state index < -0.39 is 11.9 Å². The first-order chi connectivity index (χ1) is 11.0. The number of carbonyl (C=O) groups is 1. The number of aromatic nitrogens is 1. The molecule has 1 unspecified atom stereocenters. The highest BCUT2D eigenvalue weighted by molar-refractivity contribution is 9.10. The molecule has 2 heterocycles. The number of rotatable bonds is 3. The number of hydrogen-bond acceptors (Lipinski definition) is 4. The molecule has 1 atom stereocenters. The van der Waals surface area contributed by atoms with Gasteiger partial charge in [-0.25, -0.2) is 9.78 Å². The first kappa shape index (κ1) is 15.6. The zero-order valence-electron chi connectivity index (χ0n) is 12.6. The molecule has 1 aliphatic heterocycles. The number of fused-ring (bicyclic) bond motifs is 1. The number of carboxylic acids is 1. The normalized spacial score (nSPS) is 16.6. The van der Waals surface area contributed by atoms with Crippen LogP contribution in [0.5, 0.6) is 5.88 Å². The highest BCUT2D eigenvalue weighted by Gasteiger charge is 2.35. The SMILES string of the molecule is COc1nccc2c1C(c1ccccc1Br)C(C(=O)O)=C(C)N2. The number of anilines is 1. The summed E-state index contributed by atoms with van der Waals surface area (Å²) in [4.78, 5) is 16.1. The van der Waals surface area contributed by atoms with E-state index in [1.165, 1.54) is 7.11 Å². The predicted octanol–water partition coefficient (Wildman–Crippen LogP) is 3.77. The topological polar surface area (TPSA) is 71.5 Å². The number of benzene rings is 1. The molecule has 0 radical (unpaired) electrons. The molecule has 1 aromatic heterocycles. The third kappa shape index (κ3) is 2.59. The molecule has 0 fully saturated rings. The molecule has 1 aliphatic rings. The fraction of sp³-hybridized carbons (Fsp3) is 0.176. The lowest BCUT2D eigenvalue weighted by molar-refractivity contribution is -0.132. The first-order valence-corrected chi connectivity index (χ1v) is 7.82. The van der Waals surface area contributed by atoms with Crippen molar-refractivity contribution in [1.82, 2.24) is 4.98 Å². The summed E-state index contributed by atoms with van der Waals surface area (Å²) in [6.45, 7) is 1.77. The fourth-order valence-corrected chi connectivity index (χ4v) is 3.45. The summed E-state index contributed by atoms with van der Waals surface area (Å²) in [7, 11) is 1.53. The summed E-state index contributed by atoms with van der Waals surface area (Å²) in [5, 5.41) is 12.9. The molecule has 0 bridgehead atoms. The Morgan fingerprint density at radius 1 is 1.35 bits per heavy atom. The van der Waals surface area contributed by atoms with Crippen LogP contribution in [0.4, 0.5) is 5.69 Å². The molecule has 3 rings (SSSR count). The summed E-state index contributed by atoms with van der Waals surface area (Å²) >= 11 is 3.53. The lowest BCUT2D eigenvalue weighted by Crippen LogP contribution is -2.24. The molecular formula is C17H15BrN2O3. The van der Waals surface area contributed by atoms with Crippen molar-refractivity contribution >= 4 is 27.6 Å². The zero-order chi connectivity index (χ0) is 16.6. The highest BCUT2D eigenvalue weighted by Crippen LogP contribution is 2.46. The summed E-state index contributed by atoms with van der Waals surface area (Å²) in [6.07, 6.45) is 1.64. The van der Waals surface area contributed by atoms with Crippen LogP contribution in [0.15, 0.2) is 52.3 Å². The van der Waals surface area contributed by atoms with Crippen molar-refractivity contribution in [3.05, 3.63) is 63.4 Å². The number of aliphatic carboxylic acids is 1. The average Bonchev–Trinajstić information content (AvgIpc) is 2.53. The van der Waals surface area contributed by atoms with Crippen molar-refractivity contribution in [1.29, 1.82) is 0 Å². The van der Waals surface area contributed by atoms with Crippen LogP contribution in [-0.2, 0) is 4.79 Å². The predicted molar refractivity (Wildman–Crippen MR) is 90.7 cm³/mol. The smallest absolute Gasteiger partial charge is 0.334 e. The van der Waals surface area contributed by atoms with Crippen molar-refractivity contribution in [3.8, 4) is 5.88 Å². The third-order valence-electron chi connectivity index (χ3n) is 3.90. The van der Waals surface area contributed by atoms with Crippen LogP contribution < -0.4 is 10.1 Å². The van der Waals surface area contributed by atoms with Gasteiger partial charge in [-0.3, -0.25) is 0 Å². The molecule has 2 aromatic rings. The highest BCUT2D eigenvalue weighted by atomic mass is 79.9. The number of halogens is 1. The van der Waals surface area contributed by atoms with Gasteiger partial charge in [0.25, 0.3) is 0 Å². The average molecular weight is 375 g/mol. The number of ether oxygens (including phenoxy) is 1. The van der Waals surface area contributed by atoms with Gasteiger partial charge in [-0.05, 0) is 24.6 Å². The Kier molecular flexibility index (Phi) is 4.09. The molecule has 6 heteroatoms. The van der Waals surface area contributed by atoms with Gasteiger partial charge >= 0.3 is 5.97 Å². The standard InChI is InChI=1S/C17H15BrN2O3/c1-9-13(17(21)22)14(10-5-3-4-6-11(10)18)15-12(20-9)7-8-19-16(15)23-2/h3-8,14,20H,1-2H3,(H,21,22). The van der Waals surface area contributed by atoms with Gasteiger partial charge in [-0.15, -0.1) is 0 Å². The Labute approximate surface area is 142 Å². The summed E-state index contributed by atoms with van der Waals surface area (Å²) in [5.41, 5.74) is 3.29. The van der Waals surface area contributed by atoms with Gasteiger partial charge in [0.2, 0.25) is 5.88 Å². The van der Waals surface area contributed by atoms with Crippen LogP contribution in [-0.4, -0.2) is 23.2 Å². The van der Waals surface area contributed by atoms with Crippen molar-refractivity contribution in [2.75, 3.05) is 12.4 Å². The number of nitrogens with zero attached hydrogens (tertiary/aromatic N) is 1. The lowest BCUT2D eigenvalue weighted by atomic mass is 9.81. The number of methoxy groups -OCH3 is 1. The minimum atomic E-state index is -0.965. The van der Waals surface area contributed by atoms with Crippen LogP contribution >= 0.6 is 15.9 Å². The van der Waals surface area contributed by atoms with Crippen LogP contribution in [0.25, 0.3) is 0 Å². The number of hydrogen-bond donors (Lipinski definition) is 2. The Morgan fingerprint density at radius 2 is 2.09 bits per heavy atom. The summed E-state index contributed by atoms with van der Waals surface area (Å²) in [5.74, 6) is -1.02. The molecule has 118 valence electrons. The summed E-state index contributed by atoms with van der Waals surface area (Å²) in [6, 6.07) is 9.41. The van der Waals surface area contributed by atoms with E-state index in [0.29, 0.717) is 11.6 Å². The van der Waals surface area contributed by atoms with Crippen LogP contribution in [0.2, 0.25) is 0 Å². The van der Waals surface area contributed by atoms with Crippen LogP contribution in [0.3, 0.4) is 0 Å². The van der Waals surface area contributed by atoms with E-state index >= 15 is 0 Å². The summed E-state index contributed by atoms with van der Waals surface area (Å²) < 4.78 is 6.23. The van der Waals surface area contributed by atoms with E-state index in [1.807, 2.05) is 30.3 Å². The second-order valence-electron chi connectivity index (χ2n) is 5.20. The molecule has 0 spiro atoms. The Balaban J connectivity index is 2.33. The van der Waals surface area contributed by atoms with Crippen LogP contribution in [0.1, 0.15) is 24.0 Å². The van der Waals surface area contributed by atoms with E-state index in [0.717, 1.165) is 21.3 Å². The van der Waals surface area contributed by atoms with Crippen molar-refractivity contribution in [2.24, 2.45) is 0 Å². The molecular weight excluding hydrogens is 360 g/mol. The largest absolute Gasteiger partial charge is 0.481 e. The minimum absolute atomic E-state index is 0.288. The van der Waals surface area contributed by atoms with E-state index in [1.54, 1.807) is 13.1 Å². The zero-order valence-corrected chi connectivity index (χ0v) is 14.2. The fourth-order valence-electron chi connectivity index (χ4n) is 2.94. The number of pyridine rings is 1. The van der Waals surface area contributed by atoms with E-state index in [9.17, 15) is 9.90 Å². The second-order valence-corrected chi connectivity index (χ2v) is 6.06. The quantitative estimate of drug-likeness (QED) is 0.855. The van der Waals surface area contributed by atoms with Gasteiger partial charge in [-0.2, -0.15) is 0 Å². The van der Waals surface area contributed by atoms with Crippen molar-refractivity contribution in [2.45, 2.75) is 12.8 Å². The molecule has 2 N–H and O–H groups in total. The molecule has 0 aliphatic carbocycles. The second kappa shape index (κ2) is 6.04. The maximum Gasteiger partial charge on any atom is 0.334 e. The maximum atomic E-state index is 11.9. The van der Waals surface area contributed by atoms with Gasteiger partial charge in [-0.1, -0.05) is 34.1 Å². The number of allylic oxidation sites excluding steroid dienone is 1. The first-order valence-electron chi connectivity index (χ1n) is 7.03. The third-order valence-corrected chi connectivity index (χ3v) is 4.62.